The predicted octanol–water partition coefficient (Wildman–Crippen LogP) is 12.0. The molecule has 1 unspecified atom stereocenters. The lowest BCUT2D eigenvalue weighted by Gasteiger charge is -2.12. The summed E-state index contributed by atoms with van der Waals surface area (Å²) in [7, 11) is 0. The molecule has 0 aliphatic carbocycles. The first kappa shape index (κ1) is 30.5. The summed E-state index contributed by atoms with van der Waals surface area (Å²) in [6, 6.07) is 21.5. The minimum Gasteiger partial charge on any atom is -0.247 e. The molecule has 0 saturated heterocycles. The zero-order valence-corrected chi connectivity index (χ0v) is 25.0. The van der Waals surface area contributed by atoms with Crippen molar-refractivity contribution in [3.63, 3.8) is 0 Å². The monoisotopic (exact) mass is 513 g/mol. The summed E-state index contributed by atoms with van der Waals surface area (Å²) in [6.07, 6.45) is 9.21. The molecule has 1 nitrogen and oxygen atoms in total. The summed E-state index contributed by atoms with van der Waals surface area (Å²) in [5, 5.41) is 1.10. The fourth-order valence-corrected chi connectivity index (χ4v) is 5.28. The second-order valence-electron chi connectivity index (χ2n) is 9.89. The molecule has 0 radical (unpaired) electrons. The van der Waals surface area contributed by atoms with Crippen LogP contribution < -0.4 is 0 Å². The fourth-order valence-electron chi connectivity index (χ4n) is 4.12. The van der Waals surface area contributed by atoms with E-state index >= 15 is 0 Å². The van der Waals surface area contributed by atoms with Gasteiger partial charge in [0.25, 0.3) is 0 Å². The van der Waals surface area contributed by atoms with E-state index in [-0.39, 0.29) is 0 Å². The third-order valence-corrected chi connectivity index (χ3v) is 7.73. The number of aryl methyl sites for hydroxylation is 1. The van der Waals surface area contributed by atoms with Crippen LogP contribution in [0.4, 0.5) is 5.00 Å². The molecule has 3 aromatic rings. The van der Waals surface area contributed by atoms with Crippen LogP contribution >= 0.6 is 11.3 Å². The van der Waals surface area contributed by atoms with E-state index in [0.29, 0.717) is 5.92 Å². The van der Waals surface area contributed by atoms with Crippen molar-refractivity contribution in [3.8, 4) is 10.4 Å². The van der Waals surface area contributed by atoms with Crippen LogP contribution in [-0.2, 0) is 0 Å². The predicted molar refractivity (Wildman–Crippen MR) is 170 cm³/mol. The summed E-state index contributed by atoms with van der Waals surface area (Å²) < 4.78 is 0. The van der Waals surface area contributed by atoms with Crippen molar-refractivity contribution < 1.29 is 0 Å². The summed E-state index contributed by atoms with van der Waals surface area (Å²) in [5.74, 6) is 0.682. The molecule has 0 spiro atoms. The minimum atomic E-state index is 0.682. The van der Waals surface area contributed by atoms with Gasteiger partial charge in [-0.3, -0.25) is 0 Å². The summed E-state index contributed by atoms with van der Waals surface area (Å²) in [6.45, 7) is 19.7. The van der Waals surface area contributed by atoms with Crippen molar-refractivity contribution in [1.82, 2.24) is 0 Å². The van der Waals surface area contributed by atoms with Gasteiger partial charge in [-0.15, -0.1) is 11.3 Å². The van der Waals surface area contributed by atoms with E-state index in [1.807, 2.05) is 6.07 Å². The molecule has 1 aromatic heterocycles. The zero-order valence-electron chi connectivity index (χ0n) is 24.2. The van der Waals surface area contributed by atoms with E-state index in [2.05, 4.69) is 116 Å². The molecule has 198 valence electrons. The molecule has 2 heteroatoms. The number of hydrogen-bond donors (Lipinski definition) is 0. The van der Waals surface area contributed by atoms with E-state index in [1.54, 1.807) is 11.3 Å². The number of rotatable bonds is 11. The van der Waals surface area contributed by atoms with E-state index in [9.17, 15) is 0 Å². The van der Waals surface area contributed by atoms with Gasteiger partial charge in [-0.05, 0) is 72.9 Å². The van der Waals surface area contributed by atoms with Crippen LogP contribution in [0.1, 0.15) is 96.8 Å². The van der Waals surface area contributed by atoms with Crippen LogP contribution in [0.2, 0.25) is 0 Å². The lowest BCUT2D eigenvalue weighted by Crippen LogP contribution is -1.93. The van der Waals surface area contributed by atoms with E-state index < -0.39 is 0 Å². The number of nitrogens with zero attached hydrogens (tertiary/aromatic N) is 1. The standard InChI is InChI=1S/C19H23NS.C16H24/c1-5-10-14(3)17-13-18(16-11-8-7-9-12-16)21-19(17)20-15(4)6-2;1-5-9-15(12-13(3)6-2)16-11-8-7-10-14(16)4/h7-9,11-13H,3,5-6,10H2,1-2,4H3;7-8,10-13H,5-6,9H2,1-4H3/b20-15-;15-12-. The summed E-state index contributed by atoms with van der Waals surface area (Å²) >= 11 is 1.76. The Morgan fingerprint density at radius 2 is 1.57 bits per heavy atom. The van der Waals surface area contributed by atoms with Gasteiger partial charge in [-0.2, -0.15) is 0 Å². The second kappa shape index (κ2) is 16.2. The first-order valence-electron chi connectivity index (χ1n) is 14.0. The maximum absolute atomic E-state index is 4.80. The SMILES string of the molecule is C=C(CCC)c1cc(-c2ccccc2)sc1/N=C(/C)CC.CCC/C(=C/C(C)CC)c1ccccc1C. The highest BCUT2D eigenvalue weighted by Crippen LogP contribution is 2.41. The quantitative estimate of drug-likeness (QED) is 0.226. The molecule has 0 saturated carbocycles. The van der Waals surface area contributed by atoms with Crippen molar-refractivity contribution in [3.05, 3.63) is 90.0 Å². The van der Waals surface area contributed by atoms with Gasteiger partial charge < -0.3 is 0 Å². The Kier molecular flexibility index (Phi) is 13.4. The van der Waals surface area contributed by atoms with Crippen molar-refractivity contribution in [1.29, 1.82) is 0 Å². The van der Waals surface area contributed by atoms with Crippen molar-refractivity contribution in [2.75, 3.05) is 0 Å². The Morgan fingerprint density at radius 1 is 0.919 bits per heavy atom. The maximum atomic E-state index is 4.80. The number of aliphatic imine (C=N–C) groups is 1. The van der Waals surface area contributed by atoms with E-state index in [1.165, 1.54) is 63.3 Å². The van der Waals surface area contributed by atoms with Crippen LogP contribution in [0.3, 0.4) is 0 Å². The van der Waals surface area contributed by atoms with Gasteiger partial charge in [0.1, 0.15) is 5.00 Å². The molecule has 37 heavy (non-hydrogen) atoms. The number of allylic oxidation sites excluding steroid dienone is 3. The molecule has 0 N–H and O–H groups in total. The molecule has 0 amide bonds. The average molecular weight is 514 g/mol. The van der Waals surface area contributed by atoms with E-state index in [0.717, 1.165) is 24.3 Å². The topological polar surface area (TPSA) is 12.4 Å². The summed E-state index contributed by atoms with van der Waals surface area (Å²) in [5.41, 5.74) is 9.18. The number of thiophene rings is 1. The van der Waals surface area contributed by atoms with Crippen LogP contribution in [0.15, 0.2) is 78.3 Å². The van der Waals surface area contributed by atoms with Crippen molar-refractivity contribution in [2.24, 2.45) is 10.9 Å². The molecular formula is C35H47NS. The third kappa shape index (κ3) is 9.59. The molecule has 1 atom stereocenters. The van der Waals surface area contributed by atoms with Crippen LogP contribution in [0.5, 0.6) is 0 Å². The average Bonchev–Trinajstić information content (AvgIpc) is 3.33. The lowest BCUT2D eigenvalue weighted by molar-refractivity contribution is 0.697. The van der Waals surface area contributed by atoms with Gasteiger partial charge >= 0.3 is 0 Å². The first-order valence-corrected chi connectivity index (χ1v) is 14.8. The molecular weight excluding hydrogens is 466 g/mol. The number of hydrogen-bond acceptors (Lipinski definition) is 2. The van der Waals surface area contributed by atoms with Gasteiger partial charge in [0.2, 0.25) is 0 Å². The lowest BCUT2D eigenvalue weighted by atomic mass is 9.93. The van der Waals surface area contributed by atoms with Gasteiger partial charge in [0.15, 0.2) is 0 Å². The van der Waals surface area contributed by atoms with Gasteiger partial charge in [-0.25, -0.2) is 4.99 Å². The fraction of sp³-hybridized carbons (Fsp3) is 0.400. The second-order valence-corrected chi connectivity index (χ2v) is 10.9. The Balaban J connectivity index is 0.000000271. The zero-order chi connectivity index (χ0) is 27.2. The van der Waals surface area contributed by atoms with Gasteiger partial charge in [-0.1, -0.05) is 121 Å². The Hall–Kier alpha value is -2.71. The smallest absolute Gasteiger partial charge is 0.123 e. The molecule has 0 fully saturated rings. The normalized spacial score (nSPS) is 12.6. The number of benzene rings is 2. The van der Waals surface area contributed by atoms with Gasteiger partial charge in [0.05, 0.1) is 0 Å². The van der Waals surface area contributed by atoms with Crippen LogP contribution in [0, 0.1) is 12.8 Å². The first-order chi connectivity index (χ1) is 17.8. The Labute approximate surface area is 231 Å². The van der Waals surface area contributed by atoms with Crippen LogP contribution in [0.25, 0.3) is 21.6 Å². The van der Waals surface area contributed by atoms with Crippen LogP contribution in [-0.4, -0.2) is 5.71 Å². The third-order valence-electron chi connectivity index (χ3n) is 6.65. The van der Waals surface area contributed by atoms with Crippen molar-refractivity contribution in [2.45, 2.75) is 87.0 Å². The molecule has 0 aliphatic rings. The summed E-state index contributed by atoms with van der Waals surface area (Å²) in [4.78, 5) is 6.07. The Morgan fingerprint density at radius 3 is 2.16 bits per heavy atom. The molecule has 3 rings (SSSR count). The highest BCUT2D eigenvalue weighted by Gasteiger charge is 2.12. The van der Waals surface area contributed by atoms with Gasteiger partial charge in [0, 0.05) is 16.2 Å². The Bertz CT molecular complexity index is 1160. The molecule has 2 aromatic carbocycles. The minimum absolute atomic E-state index is 0.682. The molecule has 0 bridgehead atoms. The van der Waals surface area contributed by atoms with E-state index in [4.69, 9.17) is 4.99 Å². The highest BCUT2D eigenvalue weighted by atomic mass is 32.1. The molecule has 1 heterocycles. The highest BCUT2D eigenvalue weighted by molar-refractivity contribution is 7.19. The maximum Gasteiger partial charge on any atom is 0.123 e. The largest absolute Gasteiger partial charge is 0.247 e. The molecule has 0 aliphatic heterocycles. The van der Waals surface area contributed by atoms with Crippen molar-refractivity contribution >= 4 is 33.2 Å².